The minimum Gasteiger partial charge on any atom is -0.481 e. The highest BCUT2D eigenvalue weighted by molar-refractivity contribution is 5.99. The number of aliphatic hydroxyl groups excluding tert-OH is 1. The van der Waals surface area contributed by atoms with E-state index >= 15 is 0 Å². The van der Waals surface area contributed by atoms with Crippen molar-refractivity contribution in [2.45, 2.75) is 98.0 Å². The fourth-order valence-electron chi connectivity index (χ4n) is 9.16. The highest BCUT2D eigenvalue weighted by Gasteiger charge is 2.64. The van der Waals surface area contributed by atoms with Crippen LogP contribution in [0.4, 0.5) is 0 Å². The number of fused-ring (bicyclic) bond motifs is 5. The van der Waals surface area contributed by atoms with E-state index in [1.165, 1.54) is 6.42 Å². The molecular weight excluding hydrogens is 388 g/mol. The van der Waals surface area contributed by atoms with E-state index in [-0.39, 0.29) is 35.2 Å². The van der Waals surface area contributed by atoms with Crippen LogP contribution in [0.1, 0.15) is 91.9 Å². The Bertz CT molecular complexity index is 756. The zero-order valence-electron chi connectivity index (χ0n) is 19.9. The summed E-state index contributed by atoms with van der Waals surface area (Å²) in [6, 6.07) is 0. The van der Waals surface area contributed by atoms with Gasteiger partial charge in [0.1, 0.15) is 0 Å². The van der Waals surface area contributed by atoms with E-state index in [1.807, 2.05) is 6.92 Å². The predicted molar refractivity (Wildman–Crippen MR) is 121 cm³/mol. The van der Waals surface area contributed by atoms with Gasteiger partial charge in [0.25, 0.3) is 0 Å². The van der Waals surface area contributed by atoms with Crippen LogP contribution in [0.3, 0.4) is 0 Å². The molecule has 0 saturated heterocycles. The van der Waals surface area contributed by atoms with Crippen LogP contribution in [0.2, 0.25) is 0 Å². The van der Waals surface area contributed by atoms with Gasteiger partial charge in [0.05, 0.1) is 6.10 Å². The number of ketones is 1. The molecule has 9 atom stereocenters. The van der Waals surface area contributed by atoms with Gasteiger partial charge in [0, 0.05) is 12.3 Å². The topological polar surface area (TPSA) is 74.6 Å². The first kappa shape index (κ1) is 23.0. The molecule has 4 aliphatic rings. The molecule has 174 valence electrons. The smallest absolute Gasteiger partial charge is 0.303 e. The molecule has 31 heavy (non-hydrogen) atoms. The summed E-state index contributed by atoms with van der Waals surface area (Å²) in [4.78, 5) is 25.1. The summed E-state index contributed by atoms with van der Waals surface area (Å²) >= 11 is 0. The Morgan fingerprint density at radius 2 is 1.94 bits per heavy atom. The maximum absolute atomic E-state index is 14.0. The first-order valence-electron chi connectivity index (χ1n) is 12.8. The number of carboxylic acids is 1. The molecule has 0 spiro atoms. The van der Waals surface area contributed by atoms with Gasteiger partial charge in [0.2, 0.25) is 0 Å². The first-order valence-corrected chi connectivity index (χ1v) is 12.8. The SMILES string of the molecule is C/C=C1/C(=O)[C@@H]2[C@H](CC[C@]3(CC)[C@@H]([C@H](C)CCC(=O)O)CC[C@@H]23)[C@@]2(C)CC[C@@H](O)C[C@@H]12. The molecule has 2 N–H and O–H groups in total. The number of carbonyl (C=O) groups is 2. The summed E-state index contributed by atoms with van der Waals surface area (Å²) in [6.45, 7) is 8.98. The van der Waals surface area contributed by atoms with Crippen molar-refractivity contribution in [2.24, 2.45) is 46.3 Å². The van der Waals surface area contributed by atoms with E-state index in [4.69, 9.17) is 0 Å². The molecule has 0 radical (unpaired) electrons. The molecule has 0 aliphatic heterocycles. The van der Waals surface area contributed by atoms with Crippen LogP contribution in [0, 0.1) is 46.3 Å². The van der Waals surface area contributed by atoms with Crippen molar-refractivity contribution in [3.8, 4) is 0 Å². The van der Waals surface area contributed by atoms with Crippen molar-refractivity contribution in [3.05, 3.63) is 11.6 Å². The van der Waals surface area contributed by atoms with Crippen LogP contribution in [-0.2, 0) is 9.59 Å². The highest BCUT2D eigenvalue weighted by Crippen LogP contribution is 2.69. The Hall–Kier alpha value is -1.16. The van der Waals surface area contributed by atoms with Crippen LogP contribution < -0.4 is 0 Å². The summed E-state index contributed by atoms with van der Waals surface area (Å²) in [6.07, 6.45) is 11.0. The van der Waals surface area contributed by atoms with Crippen LogP contribution in [-0.4, -0.2) is 28.1 Å². The van der Waals surface area contributed by atoms with E-state index in [0.29, 0.717) is 29.5 Å². The van der Waals surface area contributed by atoms with Crippen LogP contribution in [0.5, 0.6) is 0 Å². The number of allylic oxidation sites excluding steroid dienone is 2. The van der Waals surface area contributed by atoms with Gasteiger partial charge in [-0.3, -0.25) is 9.59 Å². The average Bonchev–Trinajstić information content (AvgIpc) is 3.13. The average molecular weight is 431 g/mol. The molecule has 4 aliphatic carbocycles. The van der Waals surface area contributed by atoms with Crippen LogP contribution >= 0.6 is 0 Å². The Balaban J connectivity index is 1.67. The number of hydrogen-bond acceptors (Lipinski definition) is 3. The van der Waals surface area contributed by atoms with E-state index in [0.717, 1.165) is 56.9 Å². The molecule has 4 fully saturated rings. The number of Topliss-reactive ketones (excluding diaryl/α,β-unsaturated/α-hetero) is 1. The fourth-order valence-corrected chi connectivity index (χ4v) is 9.16. The van der Waals surface area contributed by atoms with E-state index in [9.17, 15) is 19.8 Å². The van der Waals surface area contributed by atoms with Gasteiger partial charge in [-0.2, -0.15) is 0 Å². The van der Waals surface area contributed by atoms with Gasteiger partial charge in [-0.15, -0.1) is 0 Å². The van der Waals surface area contributed by atoms with Gasteiger partial charge < -0.3 is 10.2 Å². The van der Waals surface area contributed by atoms with Crippen molar-refractivity contribution >= 4 is 11.8 Å². The van der Waals surface area contributed by atoms with Gasteiger partial charge >= 0.3 is 5.97 Å². The van der Waals surface area contributed by atoms with Crippen LogP contribution in [0.25, 0.3) is 0 Å². The molecule has 4 nitrogen and oxygen atoms in total. The predicted octanol–water partition coefficient (Wildman–Crippen LogP) is 5.63. The molecule has 0 aromatic heterocycles. The zero-order chi connectivity index (χ0) is 22.6. The quantitative estimate of drug-likeness (QED) is 0.554. The number of hydrogen-bond donors (Lipinski definition) is 2. The third-order valence-corrected chi connectivity index (χ3v) is 10.7. The maximum Gasteiger partial charge on any atom is 0.303 e. The van der Waals surface area contributed by atoms with Crippen molar-refractivity contribution in [3.63, 3.8) is 0 Å². The van der Waals surface area contributed by atoms with Crippen molar-refractivity contribution in [1.82, 2.24) is 0 Å². The molecule has 0 heterocycles. The number of aliphatic carboxylic acids is 1. The summed E-state index contributed by atoms with van der Waals surface area (Å²) in [7, 11) is 0. The number of carbonyl (C=O) groups excluding carboxylic acids is 1. The molecule has 4 heteroatoms. The number of aliphatic hydroxyl groups is 1. The molecular formula is C27H42O4. The van der Waals surface area contributed by atoms with Gasteiger partial charge in [-0.05, 0) is 111 Å². The van der Waals surface area contributed by atoms with Gasteiger partial charge in [-0.1, -0.05) is 26.8 Å². The van der Waals surface area contributed by atoms with E-state index in [2.05, 4.69) is 26.8 Å². The standard InChI is InChI=1S/C27H42O4/c1-5-18-22-15-17(28)11-13-26(22,4)20-12-14-27(6-2)19(16(3)7-10-23(29)30)8-9-21(27)24(20)25(18)31/h5,16-17,19-22,24,28H,6-15H2,1-4H3,(H,29,30)/b18-5+/t16-,17-,19-,20+,21+,22+,24-,26-,27-/m1/s1. The summed E-state index contributed by atoms with van der Waals surface area (Å²) < 4.78 is 0. The van der Waals surface area contributed by atoms with Gasteiger partial charge in [0.15, 0.2) is 5.78 Å². The molecule has 0 unspecified atom stereocenters. The normalized spacial score (nSPS) is 46.9. The molecule has 0 bridgehead atoms. The molecule has 4 rings (SSSR count). The van der Waals surface area contributed by atoms with Gasteiger partial charge in [-0.25, -0.2) is 0 Å². The highest BCUT2D eigenvalue weighted by atomic mass is 16.4. The lowest BCUT2D eigenvalue weighted by Crippen LogP contribution is -2.58. The Morgan fingerprint density at radius 3 is 2.58 bits per heavy atom. The lowest BCUT2D eigenvalue weighted by molar-refractivity contribution is -0.152. The lowest BCUT2D eigenvalue weighted by atomic mass is 9.42. The minimum atomic E-state index is -0.700. The lowest BCUT2D eigenvalue weighted by Gasteiger charge is -2.61. The molecule has 0 aromatic rings. The minimum absolute atomic E-state index is 0.118. The van der Waals surface area contributed by atoms with Crippen molar-refractivity contribution in [2.75, 3.05) is 0 Å². The van der Waals surface area contributed by atoms with E-state index in [1.54, 1.807) is 0 Å². The second kappa shape index (κ2) is 8.32. The Morgan fingerprint density at radius 1 is 1.19 bits per heavy atom. The maximum atomic E-state index is 14.0. The number of rotatable bonds is 5. The van der Waals surface area contributed by atoms with Crippen molar-refractivity contribution < 1.29 is 19.8 Å². The first-order chi connectivity index (χ1) is 14.7. The molecule has 0 aromatic carbocycles. The summed E-state index contributed by atoms with van der Waals surface area (Å²) in [5, 5.41) is 19.6. The third-order valence-electron chi connectivity index (χ3n) is 10.7. The second-order valence-corrected chi connectivity index (χ2v) is 11.6. The Labute approximate surface area is 187 Å². The monoisotopic (exact) mass is 430 g/mol. The molecule has 4 saturated carbocycles. The van der Waals surface area contributed by atoms with E-state index < -0.39 is 5.97 Å². The Kier molecular flexibility index (Phi) is 6.17. The summed E-state index contributed by atoms with van der Waals surface area (Å²) in [5.41, 5.74) is 1.30. The summed E-state index contributed by atoms with van der Waals surface area (Å²) in [5.74, 6) is 1.79. The third kappa shape index (κ3) is 3.43. The number of carboxylic acid groups (broad SMARTS) is 1. The largest absolute Gasteiger partial charge is 0.481 e. The fraction of sp³-hybridized carbons (Fsp3) is 0.852. The van der Waals surface area contributed by atoms with Crippen LogP contribution in [0.15, 0.2) is 11.6 Å². The second-order valence-electron chi connectivity index (χ2n) is 11.6. The van der Waals surface area contributed by atoms with Crippen molar-refractivity contribution in [1.29, 1.82) is 0 Å². The zero-order valence-corrected chi connectivity index (χ0v) is 19.9. The molecule has 0 amide bonds.